The van der Waals surface area contributed by atoms with Gasteiger partial charge in [-0.05, 0) is 38.3 Å². The van der Waals surface area contributed by atoms with Crippen LogP contribution in [0.3, 0.4) is 0 Å². The molecule has 170 valence electrons. The van der Waals surface area contributed by atoms with E-state index < -0.39 is 5.25 Å². The molecule has 0 bridgehead atoms. The summed E-state index contributed by atoms with van der Waals surface area (Å²) in [4.78, 5) is 31.2. The van der Waals surface area contributed by atoms with Crippen LogP contribution < -0.4 is 10.9 Å². The number of thioether (sulfide) groups is 1. The molecule has 1 N–H and O–H groups in total. The highest BCUT2D eigenvalue weighted by Gasteiger charge is 2.26. The van der Waals surface area contributed by atoms with E-state index in [2.05, 4.69) is 17.4 Å². The molecule has 1 saturated heterocycles. The van der Waals surface area contributed by atoms with Crippen LogP contribution in [0.15, 0.2) is 44.8 Å². The molecule has 4 rings (SSSR count). The molecule has 2 atom stereocenters. The minimum Gasteiger partial charge on any atom is -0.376 e. The lowest BCUT2D eigenvalue weighted by Gasteiger charge is -2.20. The van der Waals surface area contributed by atoms with Crippen LogP contribution in [0, 0.1) is 6.92 Å². The molecular formula is C23H28N4O4S. The van der Waals surface area contributed by atoms with Gasteiger partial charge in [0.15, 0.2) is 11.0 Å². The second-order valence-electron chi connectivity index (χ2n) is 8.02. The summed E-state index contributed by atoms with van der Waals surface area (Å²) in [7, 11) is 0. The van der Waals surface area contributed by atoms with Crippen molar-refractivity contribution >= 4 is 34.4 Å². The highest BCUT2D eigenvalue weighted by Crippen LogP contribution is 2.28. The summed E-state index contributed by atoms with van der Waals surface area (Å²) in [5, 5.41) is 7.38. The largest absolute Gasteiger partial charge is 0.376 e. The maximum absolute atomic E-state index is 13.3. The summed E-state index contributed by atoms with van der Waals surface area (Å²) in [5.41, 5.74) is 0.528. The lowest BCUT2D eigenvalue weighted by atomic mass is 10.2. The van der Waals surface area contributed by atoms with Crippen molar-refractivity contribution < 1.29 is 14.1 Å². The van der Waals surface area contributed by atoms with Crippen LogP contribution in [0.2, 0.25) is 0 Å². The van der Waals surface area contributed by atoms with Gasteiger partial charge < -0.3 is 14.6 Å². The number of aromatic nitrogens is 3. The number of carbonyl (C=O) groups excluding carboxylic acids is 1. The number of amides is 1. The van der Waals surface area contributed by atoms with Crippen molar-refractivity contribution in [1.29, 1.82) is 0 Å². The van der Waals surface area contributed by atoms with Gasteiger partial charge in [-0.1, -0.05) is 48.8 Å². The Morgan fingerprint density at radius 2 is 2.22 bits per heavy atom. The van der Waals surface area contributed by atoms with Crippen LogP contribution in [0.1, 0.15) is 44.8 Å². The van der Waals surface area contributed by atoms with E-state index in [4.69, 9.17) is 14.2 Å². The quantitative estimate of drug-likeness (QED) is 0.381. The number of fused-ring (bicyclic) bond motifs is 1. The molecule has 8 nitrogen and oxygen atoms in total. The standard InChI is InChI=1S/C23H28N4O4S/c1-3-4-11-19(21(28)25-20-13-15(2)31-26-20)32-23-24-18-10-6-5-9-17(18)22(29)27(23)14-16-8-7-12-30-16/h5-6,9-10,13,16,19H,3-4,7-8,11-12,14H2,1-2H3,(H,25,26,28)/t16-,19+/m0/s1. The van der Waals surface area contributed by atoms with Crippen LogP contribution in [-0.2, 0) is 16.1 Å². The van der Waals surface area contributed by atoms with Gasteiger partial charge in [-0.15, -0.1) is 0 Å². The van der Waals surface area contributed by atoms with Crippen molar-refractivity contribution in [3.63, 3.8) is 0 Å². The first kappa shape index (κ1) is 22.5. The number of hydrogen-bond donors (Lipinski definition) is 1. The minimum absolute atomic E-state index is 0.0176. The average Bonchev–Trinajstić information content (AvgIpc) is 3.45. The fourth-order valence-corrected chi connectivity index (χ4v) is 4.92. The normalized spacial score (nSPS) is 17.0. The Labute approximate surface area is 190 Å². The van der Waals surface area contributed by atoms with Crippen LogP contribution in [0.25, 0.3) is 10.9 Å². The van der Waals surface area contributed by atoms with Crippen molar-refractivity contribution in [3.8, 4) is 0 Å². The van der Waals surface area contributed by atoms with Gasteiger partial charge in [-0.3, -0.25) is 14.2 Å². The summed E-state index contributed by atoms with van der Waals surface area (Å²) < 4.78 is 12.5. The van der Waals surface area contributed by atoms with Crippen LogP contribution in [-0.4, -0.2) is 38.6 Å². The summed E-state index contributed by atoms with van der Waals surface area (Å²) in [6.45, 7) is 5.00. The predicted molar refractivity (Wildman–Crippen MR) is 124 cm³/mol. The van der Waals surface area contributed by atoms with Crippen LogP contribution in [0.4, 0.5) is 5.82 Å². The number of rotatable bonds is 9. The van der Waals surface area contributed by atoms with Gasteiger partial charge in [-0.2, -0.15) is 0 Å². The second kappa shape index (κ2) is 10.3. The topological polar surface area (TPSA) is 99.2 Å². The molecule has 2 aromatic heterocycles. The van der Waals surface area contributed by atoms with E-state index in [-0.39, 0.29) is 17.6 Å². The maximum Gasteiger partial charge on any atom is 0.262 e. The van der Waals surface area contributed by atoms with Gasteiger partial charge in [0, 0.05) is 12.7 Å². The molecule has 1 aliphatic heterocycles. The van der Waals surface area contributed by atoms with Gasteiger partial charge in [-0.25, -0.2) is 4.98 Å². The Kier molecular flexibility index (Phi) is 7.26. The number of nitrogens with zero attached hydrogens (tertiary/aromatic N) is 3. The van der Waals surface area contributed by atoms with Crippen molar-refractivity contribution in [2.45, 2.75) is 69.0 Å². The van der Waals surface area contributed by atoms with Crippen molar-refractivity contribution in [2.75, 3.05) is 11.9 Å². The Balaban J connectivity index is 1.66. The van der Waals surface area contributed by atoms with Gasteiger partial charge in [0.2, 0.25) is 5.91 Å². The molecule has 0 unspecified atom stereocenters. The van der Waals surface area contributed by atoms with Crippen LogP contribution >= 0.6 is 11.8 Å². The highest BCUT2D eigenvalue weighted by atomic mass is 32.2. The number of para-hydroxylation sites is 1. The van der Waals surface area contributed by atoms with Gasteiger partial charge in [0.25, 0.3) is 5.56 Å². The van der Waals surface area contributed by atoms with E-state index in [1.165, 1.54) is 11.8 Å². The number of anilines is 1. The van der Waals surface area contributed by atoms with E-state index in [0.717, 1.165) is 25.7 Å². The highest BCUT2D eigenvalue weighted by molar-refractivity contribution is 8.00. The molecule has 0 radical (unpaired) electrons. The van der Waals surface area contributed by atoms with E-state index >= 15 is 0 Å². The fourth-order valence-electron chi connectivity index (χ4n) is 3.78. The Bertz CT molecular complexity index is 1140. The molecule has 32 heavy (non-hydrogen) atoms. The molecule has 0 spiro atoms. The smallest absolute Gasteiger partial charge is 0.262 e. The SMILES string of the molecule is CCCC[C@@H](Sc1nc2ccccc2c(=O)n1C[C@@H]1CCCO1)C(=O)Nc1cc(C)on1. The zero-order valence-corrected chi connectivity index (χ0v) is 19.2. The molecule has 0 aliphatic carbocycles. The predicted octanol–water partition coefficient (Wildman–Crippen LogP) is 4.16. The molecule has 1 fully saturated rings. The van der Waals surface area contributed by atoms with E-state index in [1.54, 1.807) is 23.6 Å². The zero-order chi connectivity index (χ0) is 22.5. The zero-order valence-electron chi connectivity index (χ0n) is 18.4. The van der Waals surface area contributed by atoms with E-state index in [0.29, 0.717) is 47.2 Å². The minimum atomic E-state index is -0.421. The van der Waals surface area contributed by atoms with Gasteiger partial charge >= 0.3 is 0 Å². The summed E-state index contributed by atoms with van der Waals surface area (Å²) in [6.07, 6.45) is 4.38. The monoisotopic (exact) mass is 456 g/mol. The summed E-state index contributed by atoms with van der Waals surface area (Å²) in [6, 6.07) is 9.00. The molecule has 9 heteroatoms. The first-order chi connectivity index (χ1) is 15.5. The maximum atomic E-state index is 13.3. The lowest BCUT2D eigenvalue weighted by molar-refractivity contribution is -0.115. The van der Waals surface area contributed by atoms with Crippen molar-refractivity contribution in [2.24, 2.45) is 0 Å². The van der Waals surface area contributed by atoms with E-state index in [9.17, 15) is 9.59 Å². The molecule has 1 amide bonds. The van der Waals surface area contributed by atoms with E-state index in [1.807, 2.05) is 18.2 Å². The van der Waals surface area contributed by atoms with Crippen molar-refractivity contribution in [1.82, 2.24) is 14.7 Å². The average molecular weight is 457 g/mol. The second-order valence-corrected chi connectivity index (χ2v) is 9.19. The first-order valence-electron chi connectivity index (χ1n) is 11.1. The molecular weight excluding hydrogens is 428 g/mol. The third-order valence-corrected chi connectivity index (χ3v) is 6.73. The Morgan fingerprint density at radius 1 is 1.38 bits per heavy atom. The number of ether oxygens (including phenoxy) is 1. The summed E-state index contributed by atoms with van der Waals surface area (Å²) in [5.74, 6) is 0.834. The molecule has 0 saturated carbocycles. The summed E-state index contributed by atoms with van der Waals surface area (Å²) >= 11 is 1.33. The number of aryl methyl sites for hydroxylation is 1. The Hall–Kier alpha value is -2.65. The fraction of sp³-hybridized carbons (Fsp3) is 0.478. The third kappa shape index (κ3) is 5.21. The van der Waals surface area contributed by atoms with Crippen LogP contribution in [0.5, 0.6) is 0 Å². The number of hydrogen-bond acceptors (Lipinski definition) is 7. The lowest BCUT2D eigenvalue weighted by Crippen LogP contribution is -2.31. The Morgan fingerprint density at radius 3 is 2.94 bits per heavy atom. The molecule has 1 aromatic carbocycles. The third-order valence-electron chi connectivity index (χ3n) is 5.48. The number of nitrogens with one attached hydrogen (secondary N) is 1. The number of benzene rings is 1. The number of unbranched alkanes of at least 4 members (excludes halogenated alkanes) is 1. The molecule has 1 aliphatic rings. The van der Waals surface area contributed by atoms with Gasteiger partial charge in [0.05, 0.1) is 28.8 Å². The van der Waals surface area contributed by atoms with Gasteiger partial charge in [0.1, 0.15) is 5.76 Å². The number of carbonyl (C=O) groups is 1. The molecule has 3 heterocycles. The first-order valence-corrected chi connectivity index (χ1v) is 11.9. The molecule has 3 aromatic rings. The van der Waals surface area contributed by atoms with Crippen molar-refractivity contribution in [3.05, 3.63) is 46.4 Å².